The molecule has 1 amide bonds. The van der Waals surface area contributed by atoms with Crippen molar-refractivity contribution in [2.45, 2.75) is 6.42 Å². The zero-order valence-corrected chi connectivity index (χ0v) is 16.2. The summed E-state index contributed by atoms with van der Waals surface area (Å²) >= 11 is 5.95. The summed E-state index contributed by atoms with van der Waals surface area (Å²) in [6.07, 6.45) is 2.74. The fourth-order valence-electron chi connectivity index (χ4n) is 3.26. The van der Waals surface area contributed by atoms with E-state index in [0.717, 1.165) is 44.8 Å². The Morgan fingerprint density at radius 2 is 1.93 bits per heavy atom. The number of nitrogens with zero attached hydrogens (tertiary/aromatic N) is 4. The summed E-state index contributed by atoms with van der Waals surface area (Å²) in [7, 11) is 0. The lowest BCUT2D eigenvalue weighted by Crippen LogP contribution is -2.38. The third-order valence-corrected chi connectivity index (χ3v) is 5.07. The van der Waals surface area contributed by atoms with Gasteiger partial charge >= 0.3 is 0 Å². The van der Waals surface area contributed by atoms with Crippen LogP contribution in [0.5, 0.6) is 0 Å². The summed E-state index contributed by atoms with van der Waals surface area (Å²) in [5.74, 6) is 0.615. The topological polar surface area (TPSA) is 71.8 Å². The number of nitrogens with one attached hydrogen (secondary N) is 1. The molecule has 1 saturated heterocycles. The van der Waals surface area contributed by atoms with Gasteiger partial charge in [-0.3, -0.25) is 14.1 Å². The number of halogens is 1. The van der Waals surface area contributed by atoms with Gasteiger partial charge in [0.15, 0.2) is 11.5 Å². The number of pyridine rings is 1. The van der Waals surface area contributed by atoms with Gasteiger partial charge in [0.05, 0.1) is 13.2 Å². The van der Waals surface area contributed by atoms with Crippen molar-refractivity contribution in [2.75, 3.05) is 39.4 Å². The molecule has 1 fully saturated rings. The lowest BCUT2D eigenvalue weighted by molar-refractivity contribution is 0.0374. The average molecular weight is 400 g/mol. The largest absolute Gasteiger partial charge is 0.379 e. The molecule has 0 bridgehead atoms. The lowest BCUT2D eigenvalue weighted by atomic mass is 10.2. The first-order valence-corrected chi connectivity index (χ1v) is 9.77. The predicted octanol–water partition coefficient (Wildman–Crippen LogP) is 2.50. The van der Waals surface area contributed by atoms with Gasteiger partial charge < -0.3 is 10.1 Å². The van der Waals surface area contributed by atoms with Crippen LogP contribution in [-0.4, -0.2) is 64.8 Å². The van der Waals surface area contributed by atoms with Crippen molar-refractivity contribution in [3.8, 4) is 11.4 Å². The molecule has 1 aromatic carbocycles. The first-order chi connectivity index (χ1) is 13.7. The maximum Gasteiger partial charge on any atom is 0.251 e. The van der Waals surface area contributed by atoms with Crippen LogP contribution < -0.4 is 5.32 Å². The molecule has 8 heteroatoms. The molecule has 3 aromatic rings. The second kappa shape index (κ2) is 8.68. The molecule has 3 heterocycles. The van der Waals surface area contributed by atoms with Crippen LogP contribution in [0.1, 0.15) is 16.8 Å². The van der Waals surface area contributed by atoms with Crippen molar-refractivity contribution in [3.63, 3.8) is 0 Å². The summed E-state index contributed by atoms with van der Waals surface area (Å²) < 4.78 is 7.20. The van der Waals surface area contributed by atoms with E-state index >= 15 is 0 Å². The van der Waals surface area contributed by atoms with E-state index in [1.165, 1.54) is 0 Å². The highest BCUT2D eigenvalue weighted by atomic mass is 35.5. The van der Waals surface area contributed by atoms with Gasteiger partial charge in [-0.05, 0) is 49.4 Å². The van der Waals surface area contributed by atoms with Crippen molar-refractivity contribution in [1.82, 2.24) is 24.8 Å². The monoisotopic (exact) mass is 399 g/mol. The minimum atomic E-state index is -0.0967. The zero-order valence-electron chi connectivity index (χ0n) is 15.5. The van der Waals surface area contributed by atoms with Crippen LogP contribution in [0.25, 0.3) is 17.0 Å². The molecular formula is C20H22ClN5O2. The Kier molecular flexibility index (Phi) is 5.85. The maximum atomic E-state index is 12.4. The Morgan fingerprint density at radius 3 is 2.71 bits per heavy atom. The van der Waals surface area contributed by atoms with E-state index in [1.807, 2.05) is 34.9 Å². The van der Waals surface area contributed by atoms with Gasteiger partial charge in [-0.15, -0.1) is 10.2 Å². The van der Waals surface area contributed by atoms with Crippen LogP contribution in [0.4, 0.5) is 0 Å². The van der Waals surface area contributed by atoms with Gasteiger partial charge in [0.2, 0.25) is 0 Å². The molecule has 1 N–H and O–H groups in total. The van der Waals surface area contributed by atoms with Crippen LogP contribution >= 0.6 is 11.6 Å². The van der Waals surface area contributed by atoms with E-state index < -0.39 is 0 Å². The maximum absolute atomic E-state index is 12.4. The summed E-state index contributed by atoms with van der Waals surface area (Å²) in [4.78, 5) is 14.8. The highest BCUT2D eigenvalue weighted by Crippen LogP contribution is 2.21. The smallest absolute Gasteiger partial charge is 0.251 e. The molecule has 0 spiro atoms. The number of morpholine rings is 1. The third-order valence-electron chi connectivity index (χ3n) is 4.81. The van der Waals surface area contributed by atoms with Gasteiger partial charge in [-0.1, -0.05) is 11.6 Å². The number of hydrogen-bond acceptors (Lipinski definition) is 5. The predicted molar refractivity (Wildman–Crippen MR) is 108 cm³/mol. The summed E-state index contributed by atoms with van der Waals surface area (Å²) in [6, 6.07) is 11.0. The van der Waals surface area contributed by atoms with Gasteiger partial charge in [0.25, 0.3) is 5.91 Å². The number of aromatic nitrogens is 3. The van der Waals surface area contributed by atoms with E-state index in [2.05, 4.69) is 20.4 Å². The molecule has 0 radical (unpaired) electrons. The zero-order chi connectivity index (χ0) is 19.3. The van der Waals surface area contributed by atoms with Crippen LogP contribution in [0.15, 0.2) is 42.6 Å². The van der Waals surface area contributed by atoms with Crippen LogP contribution in [0.3, 0.4) is 0 Å². The fourth-order valence-corrected chi connectivity index (χ4v) is 3.39. The van der Waals surface area contributed by atoms with Crippen molar-refractivity contribution in [1.29, 1.82) is 0 Å². The SMILES string of the molecule is O=C(NCCCN1CCOCC1)c1ccn2c(-c3ccc(Cl)cc3)nnc2c1. The molecule has 146 valence electrons. The number of ether oxygens (including phenoxy) is 1. The fraction of sp³-hybridized carbons (Fsp3) is 0.350. The van der Waals surface area contributed by atoms with E-state index in [0.29, 0.717) is 28.6 Å². The number of carbonyl (C=O) groups is 1. The van der Waals surface area contributed by atoms with Crippen LogP contribution in [0, 0.1) is 0 Å². The number of hydrogen-bond donors (Lipinski definition) is 1. The minimum Gasteiger partial charge on any atom is -0.379 e. The van der Waals surface area contributed by atoms with Crippen molar-refractivity contribution in [2.24, 2.45) is 0 Å². The Balaban J connectivity index is 1.37. The van der Waals surface area contributed by atoms with E-state index in [1.54, 1.807) is 12.1 Å². The highest BCUT2D eigenvalue weighted by molar-refractivity contribution is 6.30. The first-order valence-electron chi connectivity index (χ1n) is 9.40. The molecular weight excluding hydrogens is 378 g/mol. The van der Waals surface area contributed by atoms with Crippen molar-refractivity contribution >= 4 is 23.2 Å². The second-order valence-corrected chi connectivity index (χ2v) is 7.17. The van der Waals surface area contributed by atoms with Gasteiger partial charge in [0.1, 0.15) is 0 Å². The number of fused-ring (bicyclic) bond motifs is 1. The molecule has 1 aliphatic heterocycles. The molecule has 0 atom stereocenters. The lowest BCUT2D eigenvalue weighted by Gasteiger charge is -2.26. The summed E-state index contributed by atoms with van der Waals surface area (Å²) in [5, 5.41) is 12.1. The van der Waals surface area contributed by atoms with Crippen molar-refractivity contribution < 1.29 is 9.53 Å². The molecule has 7 nitrogen and oxygen atoms in total. The Morgan fingerprint density at radius 1 is 1.14 bits per heavy atom. The standard InChI is InChI=1S/C20H22ClN5O2/c21-17-4-2-15(3-5-17)19-24-23-18-14-16(6-9-26(18)19)20(27)22-7-1-8-25-10-12-28-13-11-25/h2-6,9,14H,1,7-8,10-13H2,(H,22,27). The summed E-state index contributed by atoms with van der Waals surface area (Å²) in [5.41, 5.74) is 2.12. The molecule has 0 unspecified atom stereocenters. The Hall–Kier alpha value is -2.48. The molecule has 2 aromatic heterocycles. The summed E-state index contributed by atoms with van der Waals surface area (Å²) in [6.45, 7) is 5.13. The number of benzene rings is 1. The highest BCUT2D eigenvalue weighted by Gasteiger charge is 2.13. The molecule has 0 aliphatic carbocycles. The normalized spacial score (nSPS) is 15.0. The van der Waals surface area contributed by atoms with Gasteiger partial charge in [0, 0.05) is 42.0 Å². The van der Waals surface area contributed by atoms with E-state index in [9.17, 15) is 4.79 Å². The van der Waals surface area contributed by atoms with E-state index in [4.69, 9.17) is 16.3 Å². The molecule has 0 saturated carbocycles. The van der Waals surface area contributed by atoms with Crippen LogP contribution in [0.2, 0.25) is 5.02 Å². The molecule has 4 rings (SSSR count). The number of carbonyl (C=O) groups excluding carboxylic acids is 1. The quantitative estimate of drug-likeness (QED) is 0.645. The van der Waals surface area contributed by atoms with Crippen LogP contribution in [-0.2, 0) is 4.74 Å². The molecule has 28 heavy (non-hydrogen) atoms. The molecule has 1 aliphatic rings. The van der Waals surface area contributed by atoms with Gasteiger partial charge in [-0.2, -0.15) is 0 Å². The first kappa shape index (κ1) is 18.9. The van der Waals surface area contributed by atoms with E-state index in [-0.39, 0.29) is 5.91 Å². The Labute approximate surface area is 168 Å². The number of rotatable bonds is 6. The van der Waals surface area contributed by atoms with Gasteiger partial charge in [-0.25, -0.2) is 0 Å². The van der Waals surface area contributed by atoms with Crippen molar-refractivity contribution in [3.05, 3.63) is 53.2 Å². The third kappa shape index (κ3) is 4.32. The number of amides is 1. The second-order valence-electron chi connectivity index (χ2n) is 6.74. The average Bonchev–Trinajstić information content (AvgIpc) is 3.15. The Bertz CT molecular complexity index is 951. The minimum absolute atomic E-state index is 0.0967.